The Morgan fingerprint density at radius 2 is 2.05 bits per heavy atom. The van der Waals surface area contributed by atoms with Crippen molar-refractivity contribution in [1.82, 2.24) is 4.57 Å². The zero-order valence-electron chi connectivity index (χ0n) is 11.1. The van der Waals surface area contributed by atoms with Gasteiger partial charge in [-0.15, -0.1) is 0 Å². The number of ether oxygens (including phenoxy) is 1. The summed E-state index contributed by atoms with van der Waals surface area (Å²) < 4.78 is 6.28. The topological polar surface area (TPSA) is 104 Å². The maximum atomic E-state index is 11.6. The molecule has 1 aromatic rings. The minimum Gasteiger partial charge on any atom is -0.477 e. The highest BCUT2D eigenvalue weighted by Crippen LogP contribution is 2.23. The predicted octanol–water partition coefficient (Wildman–Crippen LogP) is 1.94. The van der Waals surface area contributed by atoms with Crippen LogP contribution in [0, 0.1) is 11.3 Å². The minimum absolute atomic E-state index is 0.0609. The number of hydrogen-bond donors (Lipinski definition) is 2. The molecule has 1 heterocycles. The Labute approximate surface area is 110 Å². The van der Waals surface area contributed by atoms with Gasteiger partial charge in [-0.05, 0) is 20.8 Å². The van der Waals surface area contributed by atoms with Crippen LogP contribution in [0.25, 0.3) is 0 Å². The number of rotatable bonds is 2. The lowest BCUT2D eigenvalue weighted by Crippen LogP contribution is -2.28. The van der Waals surface area contributed by atoms with E-state index in [2.05, 4.69) is 5.32 Å². The zero-order valence-corrected chi connectivity index (χ0v) is 11.1. The molecule has 1 rings (SSSR count). The summed E-state index contributed by atoms with van der Waals surface area (Å²) in [6, 6.07) is 1.83. The third-order valence-corrected chi connectivity index (χ3v) is 2.13. The van der Waals surface area contributed by atoms with E-state index < -0.39 is 17.7 Å². The van der Waals surface area contributed by atoms with Gasteiger partial charge in [-0.1, -0.05) is 0 Å². The average molecular weight is 265 g/mol. The Bertz CT molecular complexity index is 561. The van der Waals surface area contributed by atoms with Gasteiger partial charge in [0.05, 0.1) is 11.3 Å². The van der Waals surface area contributed by atoms with Gasteiger partial charge in [-0.2, -0.15) is 5.26 Å². The fourth-order valence-electron chi connectivity index (χ4n) is 1.50. The molecule has 0 atom stereocenters. The number of aromatic carboxylic acids is 1. The number of aromatic nitrogens is 1. The predicted molar refractivity (Wildman–Crippen MR) is 66.9 cm³/mol. The van der Waals surface area contributed by atoms with Crippen molar-refractivity contribution < 1.29 is 19.4 Å². The van der Waals surface area contributed by atoms with Gasteiger partial charge in [-0.3, -0.25) is 5.32 Å². The van der Waals surface area contributed by atoms with E-state index in [4.69, 9.17) is 15.1 Å². The smallest absolute Gasteiger partial charge is 0.412 e. The van der Waals surface area contributed by atoms with E-state index in [-0.39, 0.29) is 16.9 Å². The number of amides is 1. The number of nitriles is 1. The maximum absolute atomic E-state index is 11.6. The number of nitrogens with zero attached hydrogens (tertiary/aromatic N) is 2. The van der Waals surface area contributed by atoms with Crippen molar-refractivity contribution in [2.45, 2.75) is 26.4 Å². The van der Waals surface area contributed by atoms with Crippen LogP contribution in [0.2, 0.25) is 0 Å². The third-order valence-electron chi connectivity index (χ3n) is 2.13. The molecular formula is C12H15N3O4. The molecule has 0 aromatic carbocycles. The van der Waals surface area contributed by atoms with Crippen molar-refractivity contribution in [3.8, 4) is 6.07 Å². The molecule has 1 aromatic heterocycles. The number of carboxylic acids is 1. The number of hydrogen-bond acceptors (Lipinski definition) is 4. The first-order valence-electron chi connectivity index (χ1n) is 5.48. The molecule has 1 amide bonds. The first-order chi connectivity index (χ1) is 8.65. The third kappa shape index (κ3) is 3.48. The first kappa shape index (κ1) is 14.6. The van der Waals surface area contributed by atoms with Crippen LogP contribution in [0.5, 0.6) is 0 Å². The Balaban J connectivity index is 3.10. The van der Waals surface area contributed by atoms with Gasteiger partial charge >= 0.3 is 12.1 Å². The SMILES string of the molecule is Cn1cc(C#N)c(NC(=O)OC(C)(C)C)c1C(=O)O. The average Bonchev–Trinajstić information content (AvgIpc) is 2.51. The molecule has 0 aliphatic carbocycles. The summed E-state index contributed by atoms with van der Waals surface area (Å²) in [6.07, 6.45) is 0.522. The van der Waals surface area contributed by atoms with E-state index in [1.807, 2.05) is 6.07 Å². The fraction of sp³-hybridized carbons (Fsp3) is 0.417. The zero-order chi connectivity index (χ0) is 14.8. The highest BCUT2D eigenvalue weighted by Gasteiger charge is 2.24. The van der Waals surface area contributed by atoms with E-state index in [1.54, 1.807) is 20.8 Å². The molecule has 102 valence electrons. The van der Waals surface area contributed by atoms with Crippen LogP contribution < -0.4 is 5.32 Å². The van der Waals surface area contributed by atoms with Gasteiger partial charge in [-0.25, -0.2) is 9.59 Å². The van der Waals surface area contributed by atoms with Gasteiger partial charge < -0.3 is 14.4 Å². The second-order valence-corrected chi connectivity index (χ2v) is 4.92. The van der Waals surface area contributed by atoms with Crippen LogP contribution in [0.3, 0.4) is 0 Å². The highest BCUT2D eigenvalue weighted by atomic mass is 16.6. The molecule has 0 spiro atoms. The summed E-state index contributed by atoms with van der Waals surface area (Å²) in [5, 5.41) is 20.3. The minimum atomic E-state index is -1.24. The maximum Gasteiger partial charge on any atom is 0.412 e. The Morgan fingerprint density at radius 1 is 1.47 bits per heavy atom. The molecule has 0 saturated carbocycles. The molecule has 0 radical (unpaired) electrons. The van der Waals surface area contributed by atoms with E-state index in [0.29, 0.717) is 0 Å². The van der Waals surface area contributed by atoms with Crippen LogP contribution in [0.4, 0.5) is 10.5 Å². The van der Waals surface area contributed by atoms with Crippen molar-refractivity contribution in [1.29, 1.82) is 5.26 Å². The molecule has 0 unspecified atom stereocenters. The fourth-order valence-corrected chi connectivity index (χ4v) is 1.50. The Kier molecular flexibility index (Phi) is 3.85. The molecule has 0 fully saturated rings. The van der Waals surface area contributed by atoms with Crippen molar-refractivity contribution in [2.24, 2.45) is 7.05 Å². The normalized spacial score (nSPS) is 10.7. The van der Waals surface area contributed by atoms with E-state index in [9.17, 15) is 9.59 Å². The number of carbonyl (C=O) groups is 2. The van der Waals surface area contributed by atoms with Crippen LogP contribution in [-0.4, -0.2) is 27.3 Å². The molecule has 7 nitrogen and oxygen atoms in total. The van der Waals surface area contributed by atoms with Crippen LogP contribution in [0.1, 0.15) is 36.8 Å². The van der Waals surface area contributed by atoms with E-state index in [0.717, 1.165) is 0 Å². The van der Waals surface area contributed by atoms with Crippen molar-refractivity contribution in [3.63, 3.8) is 0 Å². The van der Waals surface area contributed by atoms with E-state index in [1.165, 1.54) is 17.8 Å². The molecule has 19 heavy (non-hydrogen) atoms. The summed E-state index contributed by atoms with van der Waals surface area (Å²) in [4.78, 5) is 22.8. The molecule has 7 heteroatoms. The molecule has 0 saturated heterocycles. The van der Waals surface area contributed by atoms with Gasteiger partial charge in [0.25, 0.3) is 0 Å². The Morgan fingerprint density at radius 3 is 2.47 bits per heavy atom. The van der Waals surface area contributed by atoms with Gasteiger partial charge in [0.1, 0.15) is 11.7 Å². The molecule has 0 aliphatic rings. The lowest BCUT2D eigenvalue weighted by atomic mass is 10.2. The van der Waals surface area contributed by atoms with Crippen molar-refractivity contribution >= 4 is 17.7 Å². The summed E-state index contributed by atoms with van der Waals surface area (Å²) in [7, 11) is 1.48. The first-order valence-corrected chi connectivity index (χ1v) is 5.48. The number of nitrogens with one attached hydrogen (secondary N) is 1. The van der Waals surface area contributed by atoms with Crippen molar-refractivity contribution in [3.05, 3.63) is 17.5 Å². The monoisotopic (exact) mass is 265 g/mol. The number of aryl methyl sites for hydroxylation is 1. The number of carbonyl (C=O) groups excluding carboxylic acids is 1. The van der Waals surface area contributed by atoms with Gasteiger partial charge in [0.2, 0.25) is 0 Å². The van der Waals surface area contributed by atoms with Crippen LogP contribution >= 0.6 is 0 Å². The number of carboxylic acid groups (broad SMARTS) is 1. The quantitative estimate of drug-likeness (QED) is 0.850. The molecule has 0 aliphatic heterocycles. The van der Waals surface area contributed by atoms with Gasteiger partial charge in [0, 0.05) is 13.2 Å². The Hall–Kier alpha value is -2.49. The molecule has 0 bridgehead atoms. The highest BCUT2D eigenvalue weighted by molar-refractivity contribution is 5.99. The van der Waals surface area contributed by atoms with Gasteiger partial charge in [0.15, 0.2) is 5.69 Å². The van der Waals surface area contributed by atoms with Crippen LogP contribution in [0.15, 0.2) is 6.20 Å². The van der Waals surface area contributed by atoms with Crippen LogP contribution in [-0.2, 0) is 11.8 Å². The standard InChI is InChI=1S/C12H15N3O4/c1-12(2,3)19-11(18)14-8-7(5-13)6-15(4)9(8)10(16)17/h6H,1-4H3,(H,14,18)(H,16,17). The summed E-state index contributed by atoms with van der Waals surface area (Å²) in [6.45, 7) is 5.04. The summed E-state index contributed by atoms with van der Waals surface area (Å²) in [5.74, 6) is -1.24. The second-order valence-electron chi connectivity index (χ2n) is 4.92. The molecular weight excluding hydrogens is 250 g/mol. The van der Waals surface area contributed by atoms with E-state index >= 15 is 0 Å². The molecule has 2 N–H and O–H groups in total. The summed E-state index contributed by atoms with van der Waals surface area (Å²) >= 11 is 0. The summed E-state index contributed by atoms with van der Waals surface area (Å²) in [5.41, 5.74) is -0.894. The van der Waals surface area contributed by atoms with Crippen molar-refractivity contribution in [2.75, 3.05) is 5.32 Å². The largest absolute Gasteiger partial charge is 0.477 e. The lowest BCUT2D eigenvalue weighted by Gasteiger charge is -2.19. The second kappa shape index (κ2) is 5.02. The lowest BCUT2D eigenvalue weighted by molar-refractivity contribution is 0.0636. The number of anilines is 1.